The van der Waals surface area contributed by atoms with Crippen molar-refractivity contribution in [2.75, 3.05) is 28.1 Å². The van der Waals surface area contributed by atoms with E-state index in [0.29, 0.717) is 29.1 Å². The summed E-state index contributed by atoms with van der Waals surface area (Å²) >= 11 is 0. The summed E-state index contributed by atoms with van der Waals surface area (Å²) in [5.41, 5.74) is 2.11. The molecule has 2 aromatic carbocycles. The first-order valence-corrected chi connectivity index (χ1v) is 9.42. The van der Waals surface area contributed by atoms with Gasteiger partial charge in [-0.25, -0.2) is 0 Å². The Morgan fingerprint density at radius 1 is 0.750 bits per heavy atom. The summed E-state index contributed by atoms with van der Waals surface area (Å²) in [6, 6.07) is 9.96. The van der Waals surface area contributed by atoms with Crippen LogP contribution in [0.4, 0.5) is 0 Å². The minimum absolute atomic E-state index is 0.0337. The average molecular weight is 386 g/mol. The second kappa shape index (κ2) is 7.43. The molecular formula is C22H26O6. The molecule has 0 saturated carbocycles. The van der Waals surface area contributed by atoms with E-state index in [0.717, 1.165) is 22.6 Å². The predicted octanol–water partition coefficient (Wildman–Crippen LogP) is 4.53. The van der Waals surface area contributed by atoms with Crippen LogP contribution < -0.4 is 23.7 Å². The third-order valence-electron chi connectivity index (χ3n) is 5.82. The normalized spacial score (nSPS) is 25.6. The van der Waals surface area contributed by atoms with Gasteiger partial charge in [0.1, 0.15) is 0 Å². The number of ether oxygens (including phenoxy) is 6. The molecule has 1 fully saturated rings. The average Bonchev–Trinajstić information content (AvgIpc) is 3.31. The molecule has 2 aliphatic rings. The fraction of sp³-hybridized carbons (Fsp3) is 0.455. The monoisotopic (exact) mass is 386 g/mol. The molecule has 0 aromatic heterocycles. The molecule has 6 nitrogen and oxygen atoms in total. The van der Waals surface area contributed by atoms with E-state index in [1.54, 1.807) is 21.3 Å². The van der Waals surface area contributed by atoms with Crippen molar-refractivity contribution < 1.29 is 28.4 Å². The van der Waals surface area contributed by atoms with Gasteiger partial charge >= 0.3 is 0 Å². The topological polar surface area (TPSA) is 55.4 Å². The fourth-order valence-electron chi connectivity index (χ4n) is 4.08. The lowest BCUT2D eigenvalue weighted by atomic mass is 9.85. The lowest BCUT2D eigenvalue weighted by molar-refractivity contribution is 0.0287. The summed E-state index contributed by atoms with van der Waals surface area (Å²) in [6.45, 7) is 4.70. The Labute approximate surface area is 165 Å². The zero-order valence-corrected chi connectivity index (χ0v) is 16.9. The van der Waals surface area contributed by atoms with Crippen LogP contribution in [0.2, 0.25) is 0 Å². The second-order valence-electron chi connectivity index (χ2n) is 7.27. The molecule has 0 radical (unpaired) electrons. The van der Waals surface area contributed by atoms with Gasteiger partial charge in [0.15, 0.2) is 23.0 Å². The van der Waals surface area contributed by atoms with Crippen molar-refractivity contribution in [2.45, 2.75) is 26.1 Å². The Bertz CT molecular complexity index is 839. The van der Waals surface area contributed by atoms with Crippen molar-refractivity contribution in [1.82, 2.24) is 0 Å². The van der Waals surface area contributed by atoms with Crippen LogP contribution in [0, 0.1) is 11.8 Å². The zero-order valence-electron chi connectivity index (χ0n) is 16.9. The number of hydrogen-bond acceptors (Lipinski definition) is 6. The first-order chi connectivity index (χ1) is 13.6. The quantitative estimate of drug-likeness (QED) is 0.753. The van der Waals surface area contributed by atoms with Crippen LogP contribution in [0.15, 0.2) is 30.3 Å². The maximum atomic E-state index is 6.54. The summed E-state index contributed by atoms with van der Waals surface area (Å²) in [5.74, 6) is 4.03. The Balaban J connectivity index is 1.66. The lowest BCUT2D eigenvalue weighted by Crippen LogP contribution is -2.10. The van der Waals surface area contributed by atoms with E-state index in [-0.39, 0.29) is 19.0 Å². The van der Waals surface area contributed by atoms with Crippen LogP contribution >= 0.6 is 0 Å². The van der Waals surface area contributed by atoms with Crippen molar-refractivity contribution in [3.63, 3.8) is 0 Å². The van der Waals surface area contributed by atoms with Gasteiger partial charge in [0.25, 0.3) is 0 Å². The van der Waals surface area contributed by atoms with Crippen molar-refractivity contribution in [3.05, 3.63) is 41.5 Å². The number of rotatable bonds is 5. The molecule has 4 rings (SSSR count). The SMILES string of the molecule is COc1cc([C@@H]2O[C@H](c3ccc4c(c3)OCO4)[C@@H](C)[C@@H]2C)cc(OC)c1OC. The molecule has 1 saturated heterocycles. The van der Waals surface area contributed by atoms with Gasteiger partial charge in [0.2, 0.25) is 12.5 Å². The van der Waals surface area contributed by atoms with Gasteiger partial charge in [-0.3, -0.25) is 0 Å². The third kappa shape index (κ3) is 3.02. The van der Waals surface area contributed by atoms with Gasteiger partial charge in [-0.15, -0.1) is 0 Å². The van der Waals surface area contributed by atoms with E-state index in [2.05, 4.69) is 19.9 Å². The van der Waals surface area contributed by atoms with Gasteiger partial charge in [0.05, 0.1) is 33.5 Å². The summed E-state index contributed by atoms with van der Waals surface area (Å²) in [7, 11) is 4.85. The Morgan fingerprint density at radius 3 is 1.96 bits per heavy atom. The van der Waals surface area contributed by atoms with Crippen molar-refractivity contribution in [1.29, 1.82) is 0 Å². The highest BCUT2D eigenvalue weighted by Gasteiger charge is 2.41. The van der Waals surface area contributed by atoms with Crippen LogP contribution in [-0.2, 0) is 4.74 Å². The van der Waals surface area contributed by atoms with Crippen LogP contribution in [-0.4, -0.2) is 28.1 Å². The highest BCUT2D eigenvalue weighted by atomic mass is 16.7. The van der Waals surface area contributed by atoms with E-state index < -0.39 is 0 Å². The highest BCUT2D eigenvalue weighted by molar-refractivity contribution is 5.54. The summed E-state index contributed by atoms with van der Waals surface area (Å²) in [4.78, 5) is 0. The number of benzene rings is 2. The largest absolute Gasteiger partial charge is 0.493 e. The van der Waals surface area contributed by atoms with E-state index in [1.807, 2.05) is 24.3 Å². The standard InChI is InChI=1S/C22H26O6/c1-12-13(2)21(15-9-18(23-3)22(25-5)19(10-15)24-4)28-20(12)14-6-7-16-17(8-14)27-11-26-16/h6-10,12-13,20-21H,11H2,1-5H3/t12-,13-,20-,21+/m0/s1. The smallest absolute Gasteiger partial charge is 0.231 e. The molecule has 2 aromatic rings. The van der Waals surface area contributed by atoms with Gasteiger partial charge < -0.3 is 28.4 Å². The minimum atomic E-state index is -0.0841. The predicted molar refractivity (Wildman–Crippen MR) is 104 cm³/mol. The molecule has 0 unspecified atom stereocenters. The number of fused-ring (bicyclic) bond motifs is 1. The van der Waals surface area contributed by atoms with E-state index in [1.165, 1.54) is 0 Å². The van der Waals surface area contributed by atoms with Crippen molar-refractivity contribution in [2.24, 2.45) is 11.8 Å². The molecule has 28 heavy (non-hydrogen) atoms. The summed E-state index contributed by atoms with van der Waals surface area (Å²) < 4.78 is 34.0. The van der Waals surface area contributed by atoms with Gasteiger partial charge in [0, 0.05) is 0 Å². The Morgan fingerprint density at radius 2 is 1.36 bits per heavy atom. The van der Waals surface area contributed by atoms with Gasteiger partial charge in [-0.05, 0) is 47.2 Å². The maximum Gasteiger partial charge on any atom is 0.231 e. The van der Waals surface area contributed by atoms with E-state index in [4.69, 9.17) is 28.4 Å². The summed E-state index contributed by atoms with van der Waals surface area (Å²) in [6.07, 6.45) is -0.118. The molecule has 0 bridgehead atoms. The van der Waals surface area contributed by atoms with Crippen molar-refractivity contribution in [3.8, 4) is 28.7 Å². The Hall–Kier alpha value is -2.60. The molecule has 2 heterocycles. The second-order valence-corrected chi connectivity index (χ2v) is 7.27. The number of hydrogen-bond donors (Lipinski definition) is 0. The van der Waals surface area contributed by atoms with Gasteiger partial charge in [-0.1, -0.05) is 19.9 Å². The first kappa shape index (κ1) is 18.7. The molecule has 0 N–H and O–H groups in total. The fourth-order valence-corrected chi connectivity index (χ4v) is 4.08. The molecule has 4 atom stereocenters. The number of methoxy groups -OCH3 is 3. The zero-order chi connectivity index (χ0) is 19.8. The molecule has 0 amide bonds. The molecule has 0 spiro atoms. The van der Waals surface area contributed by atoms with Gasteiger partial charge in [-0.2, -0.15) is 0 Å². The van der Waals surface area contributed by atoms with Crippen LogP contribution in [0.1, 0.15) is 37.2 Å². The first-order valence-electron chi connectivity index (χ1n) is 9.42. The molecule has 6 heteroatoms. The van der Waals surface area contributed by atoms with Crippen molar-refractivity contribution >= 4 is 0 Å². The van der Waals surface area contributed by atoms with Crippen LogP contribution in [0.5, 0.6) is 28.7 Å². The summed E-state index contributed by atoms with van der Waals surface area (Å²) in [5, 5.41) is 0. The molecular weight excluding hydrogens is 360 g/mol. The van der Waals surface area contributed by atoms with Crippen LogP contribution in [0.25, 0.3) is 0 Å². The molecule has 2 aliphatic heterocycles. The van der Waals surface area contributed by atoms with E-state index in [9.17, 15) is 0 Å². The minimum Gasteiger partial charge on any atom is -0.493 e. The third-order valence-corrected chi connectivity index (χ3v) is 5.82. The van der Waals surface area contributed by atoms with Crippen LogP contribution in [0.3, 0.4) is 0 Å². The van der Waals surface area contributed by atoms with E-state index >= 15 is 0 Å². The molecule has 150 valence electrons. The Kier molecular flexibility index (Phi) is 4.98. The maximum absolute atomic E-state index is 6.54. The highest BCUT2D eigenvalue weighted by Crippen LogP contribution is 2.52. The lowest BCUT2D eigenvalue weighted by Gasteiger charge is -2.20. The molecule has 0 aliphatic carbocycles.